The molecule has 0 fully saturated rings. The first-order chi connectivity index (χ1) is 10.4. The molecule has 2 aromatic rings. The van der Waals surface area contributed by atoms with E-state index in [1.807, 2.05) is 5.38 Å². The van der Waals surface area contributed by atoms with Crippen LogP contribution in [0.2, 0.25) is 0 Å². The van der Waals surface area contributed by atoms with E-state index < -0.39 is 25.0 Å². The van der Waals surface area contributed by atoms with Crippen LogP contribution < -0.4 is 11.1 Å². The minimum atomic E-state index is -4.28. The summed E-state index contributed by atoms with van der Waals surface area (Å²) < 4.78 is 36.0. The van der Waals surface area contributed by atoms with Gasteiger partial charge in [0.1, 0.15) is 5.01 Å². The molecule has 4 nitrogen and oxygen atoms in total. The van der Waals surface area contributed by atoms with E-state index in [4.69, 9.17) is 5.73 Å². The van der Waals surface area contributed by atoms with Crippen LogP contribution in [-0.4, -0.2) is 23.6 Å². The fraction of sp³-hybridized carbons (Fsp3) is 0.286. The lowest BCUT2D eigenvalue weighted by Crippen LogP contribution is -2.27. The van der Waals surface area contributed by atoms with Crippen LogP contribution in [0, 0.1) is 0 Å². The Morgan fingerprint density at radius 1 is 1.27 bits per heavy atom. The molecular formula is C14H14F3N3OS. The van der Waals surface area contributed by atoms with Gasteiger partial charge in [-0.2, -0.15) is 13.2 Å². The highest BCUT2D eigenvalue weighted by atomic mass is 32.1. The van der Waals surface area contributed by atoms with Gasteiger partial charge in [0.2, 0.25) is 0 Å². The number of thiazole rings is 1. The van der Waals surface area contributed by atoms with Crippen LogP contribution in [-0.2, 0) is 6.54 Å². The summed E-state index contributed by atoms with van der Waals surface area (Å²) in [6, 6.07) is 6.52. The Bertz CT molecular complexity index is 638. The molecule has 0 saturated carbocycles. The average molecular weight is 329 g/mol. The highest BCUT2D eigenvalue weighted by molar-refractivity contribution is 7.09. The van der Waals surface area contributed by atoms with Crippen molar-refractivity contribution in [2.24, 2.45) is 5.73 Å². The van der Waals surface area contributed by atoms with E-state index in [1.165, 1.54) is 11.3 Å². The van der Waals surface area contributed by atoms with Gasteiger partial charge in [0, 0.05) is 29.6 Å². The molecule has 1 aromatic heterocycles. The van der Waals surface area contributed by atoms with Gasteiger partial charge in [-0.05, 0) is 12.1 Å². The minimum Gasteiger partial charge on any atom is -0.352 e. The first kappa shape index (κ1) is 16.4. The van der Waals surface area contributed by atoms with Crippen molar-refractivity contribution in [2.45, 2.75) is 19.1 Å². The van der Waals surface area contributed by atoms with Crippen molar-refractivity contribution in [1.29, 1.82) is 0 Å². The number of nitrogens with one attached hydrogen (secondary N) is 1. The summed E-state index contributed by atoms with van der Waals surface area (Å²) in [5.74, 6) is -0.531. The maximum atomic E-state index is 12.0. The molecule has 0 unspecified atom stereocenters. The number of amides is 1. The number of carbonyl (C=O) groups excluding carboxylic acids is 1. The Hall–Kier alpha value is -1.93. The lowest BCUT2D eigenvalue weighted by Gasteiger charge is -2.08. The van der Waals surface area contributed by atoms with E-state index in [-0.39, 0.29) is 0 Å². The normalized spacial score (nSPS) is 11.5. The highest BCUT2D eigenvalue weighted by Gasteiger charge is 2.26. The minimum absolute atomic E-state index is 0.306. The Balaban J connectivity index is 1.97. The van der Waals surface area contributed by atoms with Gasteiger partial charge in [-0.1, -0.05) is 12.1 Å². The van der Waals surface area contributed by atoms with E-state index >= 15 is 0 Å². The van der Waals surface area contributed by atoms with E-state index in [0.29, 0.717) is 12.1 Å². The number of hydrogen-bond acceptors (Lipinski definition) is 4. The van der Waals surface area contributed by atoms with E-state index in [2.05, 4.69) is 10.3 Å². The topological polar surface area (TPSA) is 68.0 Å². The predicted octanol–water partition coefficient (Wildman–Crippen LogP) is 2.95. The first-order valence-electron chi connectivity index (χ1n) is 6.49. The van der Waals surface area contributed by atoms with Crippen molar-refractivity contribution >= 4 is 17.2 Å². The summed E-state index contributed by atoms with van der Waals surface area (Å²) in [6.45, 7) is -0.0691. The van der Waals surface area contributed by atoms with Crippen molar-refractivity contribution < 1.29 is 18.0 Å². The Morgan fingerprint density at radius 2 is 1.95 bits per heavy atom. The number of nitrogens with two attached hydrogens (primary N) is 1. The average Bonchev–Trinajstić information content (AvgIpc) is 2.95. The molecule has 22 heavy (non-hydrogen) atoms. The van der Waals surface area contributed by atoms with Crippen LogP contribution in [0.4, 0.5) is 13.2 Å². The van der Waals surface area contributed by atoms with Crippen LogP contribution in [0.5, 0.6) is 0 Å². The highest BCUT2D eigenvalue weighted by Crippen LogP contribution is 2.22. The van der Waals surface area contributed by atoms with Crippen molar-refractivity contribution in [3.8, 4) is 11.3 Å². The Labute approximate surface area is 129 Å². The summed E-state index contributed by atoms with van der Waals surface area (Å²) in [6.07, 6.45) is -5.32. The molecule has 1 aromatic carbocycles. The van der Waals surface area contributed by atoms with Gasteiger partial charge in [-0.15, -0.1) is 11.3 Å². The molecular weight excluding hydrogens is 315 g/mol. The van der Waals surface area contributed by atoms with Crippen LogP contribution in [0.25, 0.3) is 11.3 Å². The SMILES string of the molecule is NCc1nc(-c2ccc(C(=O)NCCC(F)(F)F)cc2)cs1. The smallest absolute Gasteiger partial charge is 0.352 e. The van der Waals surface area contributed by atoms with Gasteiger partial charge in [0.15, 0.2) is 0 Å². The van der Waals surface area contributed by atoms with Crippen LogP contribution in [0.15, 0.2) is 29.6 Å². The fourth-order valence-corrected chi connectivity index (χ4v) is 2.43. The van der Waals surface area contributed by atoms with Crippen molar-refractivity contribution in [3.05, 3.63) is 40.2 Å². The molecule has 0 aliphatic carbocycles. The zero-order chi connectivity index (χ0) is 16.2. The Morgan fingerprint density at radius 3 is 2.50 bits per heavy atom. The molecule has 0 saturated heterocycles. The molecule has 1 heterocycles. The summed E-state index contributed by atoms with van der Waals surface area (Å²) in [4.78, 5) is 16.0. The lowest BCUT2D eigenvalue weighted by molar-refractivity contribution is -0.132. The van der Waals surface area contributed by atoms with Gasteiger partial charge in [-0.3, -0.25) is 4.79 Å². The molecule has 0 spiro atoms. The lowest BCUT2D eigenvalue weighted by atomic mass is 10.1. The van der Waals surface area contributed by atoms with Gasteiger partial charge in [-0.25, -0.2) is 4.98 Å². The molecule has 0 atom stereocenters. The molecule has 0 aliphatic heterocycles. The molecule has 0 bridgehead atoms. The number of aromatic nitrogens is 1. The van der Waals surface area contributed by atoms with Crippen molar-refractivity contribution in [1.82, 2.24) is 10.3 Å². The number of rotatable bonds is 5. The van der Waals surface area contributed by atoms with Crippen molar-refractivity contribution in [3.63, 3.8) is 0 Å². The monoisotopic (exact) mass is 329 g/mol. The third-order valence-electron chi connectivity index (χ3n) is 2.86. The largest absolute Gasteiger partial charge is 0.390 e. The van der Waals surface area contributed by atoms with E-state index in [1.54, 1.807) is 24.3 Å². The second kappa shape index (κ2) is 6.89. The maximum Gasteiger partial charge on any atom is 0.390 e. The van der Waals surface area contributed by atoms with Gasteiger partial charge in [0.05, 0.1) is 12.1 Å². The van der Waals surface area contributed by atoms with Gasteiger partial charge >= 0.3 is 6.18 Å². The number of nitrogens with zero attached hydrogens (tertiary/aromatic N) is 1. The third kappa shape index (κ3) is 4.54. The zero-order valence-electron chi connectivity index (χ0n) is 11.5. The van der Waals surface area contributed by atoms with Crippen molar-refractivity contribution in [2.75, 3.05) is 6.54 Å². The van der Waals surface area contributed by atoms with Gasteiger partial charge in [0.25, 0.3) is 5.91 Å². The molecule has 3 N–H and O–H groups in total. The molecule has 0 radical (unpaired) electrons. The quantitative estimate of drug-likeness (QED) is 0.886. The number of benzene rings is 1. The second-order valence-electron chi connectivity index (χ2n) is 4.53. The predicted molar refractivity (Wildman–Crippen MR) is 78.4 cm³/mol. The van der Waals surface area contributed by atoms with Crippen LogP contribution in [0.1, 0.15) is 21.8 Å². The number of alkyl halides is 3. The first-order valence-corrected chi connectivity index (χ1v) is 7.37. The molecule has 2 rings (SSSR count). The molecule has 8 heteroatoms. The standard InChI is InChI=1S/C14H14F3N3OS/c15-14(16,17)5-6-19-13(21)10-3-1-9(2-4-10)11-8-22-12(7-18)20-11/h1-4,8H,5-7,18H2,(H,19,21). The molecule has 118 valence electrons. The summed E-state index contributed by atoms with van der Waals surface area (Å²) in [7, 11) is 0. The summed E-state index contributed by atoms with van der Waals surface area (Å²) >= 11 is 1.45. The third-order valence-corrected chi connectivity index (χ3v) is 3.73. The molecule has 1 amide bonds. The summed E-state index contributed by atoms with van der Waals surface area (Å²) in [5.41, 5.74) is 7.38. The zero-order valence-corrected chi connectivity index (χ0v) is 12.3. The number of halogens is 3. The fourth-order valence-electron chi connectivity index (χ4n) is 1.75. The van der Waals surface area contributed by atoms with Crippen LogP contribution in [0.3, 0.4) is 0 Å². The maximum absolute atomic E-state index is 12.0. The van der Waals surface area contributed by atoms with Gasteiger partial charge < -0.3 is 11.1 Å². The number of carbonyl (C=O) groups is 1. The molecule has 0 aliphatic rings. The van der Waals surface area contributed by atoms with E-state index in [9.17, 15) is 18.0 Å². The second-order valence-corrected chi connectivity index (χ2v) is 5.47. The Kier molecular flexibility index (Phi) is 5.15. The number of hydrogen-bond donors (Lipinski definition) is 2. The van der Waals surface area contributed by atoms with E-state index in [0.717, 1.165) is 16.3 Å². The van der Waals surface area contributed by atoms with Crippen LogP contribution >= 0.6 is 11.3 Å². The summed E-state index contributed by atoms with van der Waals surface area (Å²) in [5, 5.41) is 4.91.